The molecule has 0 N–H and O–H groups in total. The third-order valence-electron chi connectivity index (χ3n) is 1.80. The lowest BCUT2D eigenvalue weighted by Gasteiger charge is -2.08. The van der Waals surface area contributed by atoms with Gasteiger partial charge in [-0.3, -0.25) is 4.79 Å². The Balaban J connectivity index is 2.98. The van der Waals surface area contributed by atoms with Crippen LogP contribution in [0.4, 0.5) is 17.6 Å². The lowest BCUT2D eigenvalue weighted by Crippen LogP contribution is -2.10. The number of ketones is 1. The number of carbonyl (C=O) groups excluding carboxylic acids is 1. The van der Waals surface area contributed by atoms with E-state index in [-0.39, 0.29) is 11.3 Å². The summed E-state index contributed by atoms with van der Waals surface area (Å²) < 4.78 is 49.4. The van der Waals surface area contributed by atoms with Crippen LogP contribution in [0.2, 0.25) is 0 Å². The molecule has 7 heteroatoms. The van der Waals surface area contributed by atoms with Crippen LogP contribution in [-0.2, 0) is 0 Å². The normalized spacial score (nSPS) is 13.5. The molecule has 1 rings (SSSR count). The minimum atomic E-state index is -4.55. The maximum Gasteiger partial charge on any atom is 0.446 e. The molecule has 0 fully saturated rings. The smallest absolute Gasteiger partial charge is 0.293 e. The van der Waals surface area contributed by atoms with Crippen LogP contribution in [0.1, 0.15) is 17.3 Å². The fourth-order valence-corrected chi connectivity index (χ4v) is 1.90. The van der Waals surface area contributed by atoms with Crippen molar-refractivity contribution in [1.82, 2.24) is 0 Å². The van der Waals surface area contributed by atoms with Gasteiger partial charge in [0.15, 0.2) is 5.78 Å². The van der Waals surface area contributed by atoms with Gasteiger partial charge in [-0.2, -0.15) is 13.2 Å². The number of alkyl halides is 4. The lowest BCUT2D eigenvalue weighted by atomic mass is 10.1. The molecule has 0 aliphatic heterocycles. The van der Waals surface area contributed by atoms with Crippen LogP contribution in [0, 0.1) is 5.82 Å². The van der Waals surface area contributed by atoms with Crippen molar-refractivity contribution in [2.75, 3.05) is 0 Å². The van der Waals surface area contributed by atoms with Crippen molar-refractivity contribution in [1.29, 1.82) is 0 Å². The highest BCUT2D eigenvalue weighted by Crippen LogP contribution is 2.38. The minimum Gasteiger partial charge on any atom is -0.293 e. The fraction of sp³-hybridized carbons (Fsp3) is 0.300. The molecule has 0 bridgehead atoms. The Hall–Kier alpha value is -0.560. The molecule has 94 valence electrons. The van der Waals surface area contributed by atoms with Crippen LogP contribution in [0.5, 0.6) is 0 Å². The van der Waals surface area contributed by atoms with Crippen LogP contribution in [0.15, 0.2) is 23.1 Å². The van der Waals surface area contributed by atoms with Crippen LogP contribution in [0.3, 0.4) is 0 Å². The Morgan fingerprint density at radius 1 is 1.41 bits per heavy atom. The molecular weight excluding hydrogens is 324 g/mol. The molecule has 1 unspecified atom stereocenters. The third kappa shape index (κ3) is 4.31. The maximum absolute atomic E-state index is 13.3. The summed E-state index contributed by atoms with van der Waals surface area (Å²) in [6.07, 6.45) is 0. The highest BCUT2D eigenvalue weighted by atomic mass is 79.9. The van der Waals surface area contributed by atoms with Gasteiger partial charge in [-0.25, -0.2) is 4.39 Å². The van der Waals surface area contributed by atoms with E-state index < -0.39 is 32.8 Å². The molecule has 1 aromatic carbocycles. The highest BCUT2D eigenvalue weighted by molar-refractivity contribution is 9.10. The Bertz CT molecular complexity index is 431. The van der Waals surface area contributed by atoms with Gasteiger partial charge in [0.25, 0.3) is 0 Å². The van der Waals surface area contributed by atoms with Gasteiger partial charge in [-0.15, -0.1) is 0 Å². The molecule has 0 heterocycles. The van der Waals surface area contributed by atoms with E-state index in [0.29, 0.717) is 0 Å². The summed E-state index contributed by atoms with van der Waals surface area (Å²) in [6, 6.07) is 2.95. The van der Waals surface area contributed by atoms with Crippen molar-refractivity contribution in [3.8, 4) is 0 Å². The quantitative estimate of drug-likeness (QED) is 0.353. The first-order valence-electron chi connectivity index (χ1n) is 4.44. The maximum atomic E-state index is 13.3. The van der Waals surface area contributed by atoms with Crippen molar-refractivity contribution >= 4 is 33.5 Å². The Kier molecular flexibility index (Phi) is 4.60. The molecule has 17 heavy (non-hydrogen) atoms. The van der Waals surface area contributed by atoms with E-state index in [1.54, 1.807) is 6.92 Å². The molecule has 1 atom stereocenters. The molecule has 0 radical (unpaired) electrons. The van der Waals surface area contributed by atoms with Crippen LogP contribution in [0.25, 0.3) is 0 Å². The number of rotatable bonds is 3. The molecule has 0 aliphatic carbocycles. The van der Waals surface area contributed by atoms with Gasteiger partial charge in [0.1, 0.15) is 5.82 Å². The Labute approximate surface area is 108 Å². The first-order chi connectivity index (χ1) is 7.70. The highest BCUT2D eigenvalue weighted by Gasteiger charge is 2.30. The number of benzene rings is 1. The molecule has 1 nitrogen and oxygen atoms in total. The topological polar surface area (TPSA) is 17.1 Å². The third-order valence-corrected chi connectivity index (χ3v) is 3.00. The lowest BCUT2D eigenvalue weighted by molar-refractivity contribution is -0.0329. The predicted molar refractivity (Wildman–Crippen MR) is 61.0 cm³/mol. The van der Waals surface area contributed by atoms with Crippen molar-refractivity contribution in [2.45, 2.75) is 22.2 Å². The van der Waals surface area contributed by atoms with Gasteiger partial charge in [0.2, 0.25) is 0 Å². The summed E-state index contributed by atoms with van der Waals surface area (Å²) in [4.78, 5) is 10.4. The molecule has 1 aromatic rings. The van der Waals surface area contributed by atoms with Gasteiger partial charge in [0.05, 0.1) is 9.72 Å². The number of halogens is 5. The summed E-state index contributed by atoms with van der Waals surface area (Å²) >= 11 is 2.47. The van der Waals surface area contributed by atoms with Crippen molar-refractivity contribution in [3.63, 3.8) is 0 Å². The van der Waals surface area contributed by atoms with Crippen LogP contribution in [-0.4, -0.2) is 16.1 Å². The molecule has 0 amide bonds. The van der Waals surface area contributed by atoms with Gasteiger partial charge < -0.3 is 0 Å². The van der Waals surface area contributed by atoms with E-state index in [2.05, 4.69) is 15.9 Å². The van der Waals surface area contributed by atoms with Crippen molar-refractivity contribution in [2.24, 2.45) is 0 Å². The monoisotopic (exact) mass is 330 g/mol. The number of thioether (sulfide) groups is 1. The summed E-state index contributed by atoms with van der Waals surface area (Å²) in [7, 11) is 0. The molecular formula is C10H7BrF4OS. The zero-order valence-corrected chi connectivity index (χ0v) is 10.9. The molecule has 0 saturated heterocycles. The average Bonchev–Trinajstić information content (AvgIpc) is 2.18. The Morgan fingerprint density at radius 3 is 2.41 bits per heavy atom. The SMILES string of the molecule is CC(Br)C(=O)c1ccc(SC(F)(F)F)c(F)c1. The van der Waals surface area contributed by atoms with Crippen molar-refractivity contribution in [3.05, 3.63) is 29.6 Å². The summed E-state index contributed by atoms with van der Waals surface area (Å²) in [5, 5.41) is 0. The zero-order chi connectivity index (χ0) is 13.2. The van der Waals surface area contributed by atoms with E-state index >= 15 is 0 Å². The van der Waals surface area contributed by atoms with E-state index in [1.165, 1.54) is 6.07 Å². The number of hydrogen-bond acceptors (Lipinski definition) is 2. The van der Waals surface area contributed by atoms with Crippen LogP contribution >= 0.6 is 27.7 Å². The number of Topliss-reactive ketones (excluding diaryl/α,β-unsaturated/α-hetero) is 1. The molecule has 0 spiro atoms. The average molecular weight is 331 g/mol. The van der Waals surface area contributed by atoms with Gasteiger partial charge in [-0.05, 0) is 30.8 Å². The van der Waals surface area contributed by atoms with E-state index in [4.69, 9.17) is 0 Å². The van der Waals surface area contributed by atoms with E-state index in [1.807, 2.05) is 0 Å². The zero-order valence-electron chi connectivity index (χ0n) is 8.52. The van der Waals surface area contributed by atoms with Gasteiger partial charge in [-0.1, -0.05) is 22.0 Å². The summed E-state index contributed by atoms with van der Waals surface area (Å²) in [6.45, 7) is 1.55. The summed E-state index contributed by atoms with van der Waals surface area (Å²) in [5.74, 6) is -1.43. The first kappa shape index (κ1) is 14.5. The van der Waals surface area contributed by atoms with Crippen molar-refractivity contribution < 1.29 is 22.4 Å². The number of hydrogen-bond donors (Lipinski definition) is 0. The Morgan fingerprint density at radius 2 is 2.00 bits per heavy atom. The second-order valence-electron chi connectivity index (χ2n) is 3.17. The minimum absolute atomic E-state index is 0.0402. The summed E-state index contributed by atoms with van der Waals surface area (Å²) in [5.41, 5.74) is -4.51. The molecule has 0 aliphatic rings. The molecule has 0 aromatic heterocycles. The standard InChI is InChI=1S/C10H7BrF4OS/c1-5(11)9(16)6-2-3-8(7(12)4-6)17-10(13,14)15/h2-5H,1H3. The predicted octanol–water partition coefficient (Wildman–Crippen LogP) is 4.40. The largest absolute Gasteiger partial charge is 0.446 e. The van der Waals surface area contributed by atoms with E-state index in [9.17, 15) is 22.4 Å². The van der Waals surface area contributed by atoms with Gasteiger partial charge in [0, 0.05) is 5.56 Å². The van der Waals surface area contributed by atoms with Gasteiger partial charge >= 0.3 is 5.51 Å². The van der Waals surface area contributed by atoms with Crippen LogP contribution < -0.4 is 0 Å². The second kappa shape index (κ2) is 5.39. The second-order valence-corrected chi connectivity index (χ2v) is 5.65. The fourth-order valence-electron chi connectivity index (χ4n) is 1.09. The molecule has 0 saturated carbocycles. The number of carbonyl (C=O) groups is 1. The van der Waals surface area contributed by atoms with E-state index in [0.717, 1.165) is 12.1 Å². The first-order valence-corrected chi connectivity index (χ1v) is 6.17.